The zero-order valence-electron chi connectivity index (χ0n) is 13.1. The third kappa shape index (κ3) is 5.95. The number of methoxy groups -OCH3 is 2. The molecule has 0 saturated heterocycles. The highest BCUT2D eigenvalue weighted by atomic mass is 16.5. The van der Waals surface area contributed by atoms with Crippen LogP contribution in [0.2, 0.25) is 0 Å². The second kappa shape index (κ2) is 8.42. The summed E-state index contributed by atoms with van der Waals surface area (Å²) < 4.78 is 9.30. The molecule has 116 valence electrons. The van der Waals surface area contributed by atoms with Crippen molar-refractivity contribution >= 4 is 11.9 Å². The molecule has 5 heteroatoms. The zero-order valence-corrected chi connectivity index (χ0v) is 13.1. The predicted molar refractivity (Wildman–Crippen MR) is 79.8 cm³/mol. The van der Waals surface area contributed by atoms with Crippen LogP contribution in [0.4, 0.5) is 0 Å². The van der Waals surface area contributed by atoms with Gasteiger partial charge in [-0.15, -0.1) is 0 Å². The topological polar surface area (TPSA) is 55.8 Å². The molecule has 0 amide bonds. The Bertz CT molecular complexity index is 450. The SMILES string of the molecule is COC(=O)CN(CC(=O)OC)Cc1ccc(C(C)C)cc1. The van der Waals surface area contributed by atoms with Crippen molar-refractivity contribution in [3.63, 3.8) is 0 Å². The molecule has 0 aliphatic carbocycles. The number of ether oxygens (including phenoxy) is 2. The second-order valence-corrected chi connectivity index (χ2v) is 5.19. The minimum absolute atomic E-state index is 0.0531. The molecule has 0 spiro atoms. The number of esters is 2. The summed E-state index contributed by atoms with van der Waals surface area (Å²) in [4.78, 5) is 24.5. The molecule has 0 heterocycles. The Morgan fingerprint density at radius 3 is 1.86 bits per heavy atom. The van der Waals surface area contributed by atoms with E-state index in [1.807, 2.05) is 12.1 Å². The van der Waals surface area contributed by atoms with Gasteiger partial charge in [0.05, 0.1) is 27.3 Å². The maximum Gasteiger partial charge on any atom is 0.319 e. The third-order valence-electron chi connectivity index (χ3n) is 3.21. The van der Waals surface area contributed by atoms with Gasteiger partial charge in [-0.3, -0.25) is 14.5 Å². The smallest absolute Gasteiger partial charge is 0.319 e. The monoisotopic (exact) mass is 293 g/mol. The van der Waals surface area contributed by atoms with E-state index in [0.717, 1.165) is 5.56 Å². The number of hydrogen-bond donors (Lipinski definition) is 0. The van der Waals surface area contributed by atoms with Gasteiger partial charge in [0.15, 0.2) is 0 Å². The van der Waals surface area contributed by atoms with Crippen LogP contribution >= 0.6 is 0 Å². The Labute approximate surface area is 125 Å². The van der Waals surface area contributed by atoms with Crippen molar-refractivity contribution in [2.24, 2.45) is 0 Å². The van der Waals surface area contributed by atoms with Gasteiger partial charge in [-0.2, -0.15) is 0 Å². The van der Waals surface area contributed by atoms with Crippen molar-refractivity contribution in [1.29, 1.82) is 0 Å². The van der Waals surface area contributed by atoms with Crippen molar-refractivity contribution in [1.82, 2.24) is 4.90 Å². The van der Waals surface area contributed by atoms with Crippen LogP contribution in [-0.2, 0) is 25.6 Å². The molecular weight excluding hydrogens is 270 g/mol. The maximum atomic E-state index is 11.4. The van der Waals surface area contributed by atoms with Crippen molar-refractivity contribution in [2.45, 2.75) is 26.3 Å². The molecule has 1 aromatic rings. The first-order valence-corrected chi connectivity index (χ1v) is 6.91. The lowest BCUT2D eigenvalue weighted by molar-refractivity contribution is -0.145. The second-order valence-electron chi connectivity index (χ2n) is 5.19. The summed E-state index contributed by atoms with van der Waals surface area (Å²) in [5.41, 5.74) is 2.29. The van der Waals surface area contributed by atoms with E-state index in [2.05, 4.69) is 35.5 Å². The molecule has 5 nitrogen and oxygen atoms in total. The first-order valence-electron chi connectivity index (χ1n) is 6.91. The summed E-state index contributed by atoms with van der Waals surface area (Å²) in [7, 11) is 2.66. The van der Waals surface area contributed by atoms with E-state index in [1.54, 1.807) is 4.90 Å². The van der Waals surface area contributed by atoms with E-state index < -0.39 is 0 Å². The van der Waals surface area contributed by atoms with Crippen LogP contribution in [0.3, 0.4) is 0 Å². The molecule has 0 saturated carbocycles. The van der Waals surface area contributed by atoms with Crippen molar-refractivity contribution in [3.8, 4) is 0 Å². The van der Waals surface area contributed by atoms with Crippen molar-refractivity contribution in [3.05, 3.63) is 35.4 Å². The van der Waals surface area contributed by atoms with E-state index in [4.69, 9.17) is 0 Å². The van der Waals surface area contributed by atoms with Gasteiger partial charge in [0, 0.05) is 6.54 Å². The summed E-state index contributed by atoms with van der Waals surface area (Å²) in [5.74, 6) is -0.282. The van der Waals surface area contributed by atoms with Crippen LogP contribution in [0.25, 0.3) is 0 Å². The molecule has 0 atom stereocenters. The number of nitrogens with zero attached hydrogens (tertiary/aromatic N) is 1. The minimum atomic E-state index is -0.377. The van der Waals surface area contributed by atoms with E-state index in [-0.39, 0.29) is 25.0 Å². The molecule has 0 aliphatic rings. The molecule has 0 aromatic heterocycles. The lowest BCUT2D eigenvalue weighted by Crippen LogP contribution is -2.35. The summed E-state index contributed by atoms with van der Waals surface area (Å²) in [6.45, 7) is 4.86. The number of hydrogen-bond acceptors (Lipinski definition) is 5. The summed E-state index contributed by atoms with van der Waals surface area (Å²) >= 11 is 0. The highest BCUT2D eigenvalue weighted by Crippen LogP contribution is 2.15. The van der Waals surface area contributed by atoms with Crippen LogP contribution < -0.4 is 0 Å². The number of carbonyl (C=O) groups is 2. The average molecular weight is 293 g/mol. The zero-order chi connectivity index (χ0) is 15.8. The molecule has 0 radical (unpaired) electrons. The van der Waals surface area contributed by atoms with Gasteiger partial charge in [-0.1, -0.05) is 38.1 Å². The molecule has 21 heavy (non-hydrogen) atoms. The molecule has 0 N–H and O–H groups in total. The van der Waals surface area contributed by atoms with E-state index in [0.29, 0.717) is 12.5 Å². The van der Waals surface area contributed by atoms with Gasteiger partial charge >= 0.3 is 11.9 Å². The van der Waals surface area contributed by atoms with Crippen molar-refractivity contribution in [2.75, 3.05) is 27.3 Å². The Hall–Kier alpha value is -1.88. The van der Waals surface area contributed by atoms with Crippen LogP contribution in [-0.4, -0.2) is 44.1 Å². The lowest BCUT2D eigenvalue weighted by Gasteiger charge is -2.20. The molecule has 0 aliphatic heterocycles. The average Bonchev–Trinajstić information content (AvgIpc) is 2.47. The largest absolute Gasteiger partial charge is 0.468 e. The van der Waals surface area contributed by atoms with E-state index in [1.165, 1.54) is 19.8 Å². The lowest BCUT2D eigenvalue weighted by atomic mass is 10.0. The molecule has 0 unspecified atom stereocenters. The summed E-state index contributed by atoms with van der Waals surface area (Å²) in [6.07, 6.45) is 0. The van der Waals surface area contributed by atoms with Gasteiger partial charge in [0.1, 0.15) is 0 Å². The van der Waals surface area contributed by atoms with E-state index in [9.17, 15) is 9.59 Å². The normalized spacial score (nSPS) is 10.8. The van der Waals surface area contributed by atoms with Crippen LogP contribution in [0.1, 0.15) is 30.9 Å². The summed E-state index contributed by atoms with van der Waals surface area (Å²) in [6, 6.07) is 8.15. The number of rotatable bonds is 7. The van der Waals surface area contributed by atoms with Gasteiger partial charge in [-0.05, 0) is 17.0 Å². The van der Waals surface area contributed by atoms with Gasteiger partial charge in [0.25, 0.3) is 0 Å². The first kappa shape index (κ1) is 17.2. The molecule has 0 bridgehead atoms. The molecular formula is C16H23NO4. The van der Waals surface area contributed by atoms with Crippen LogP contribution in [0.15, 0.2) is 24.3 Å². The highest BCUT2D eigenvalue weighted by Gasteiger charge is 2.15. The fourth-order valence-electron chi connectivity index (χ4n) is 1.93. The van der Waals surface area contributed by atoms with Crippen LogP contribution in [0, 0.1) is 0 Å². The Balaban J connectivity index is 2.74. The fourth-order valence-corrected chi connectivity index (χ4v) is 1.93. The fraction of sp³-hybridized carbons (Fsp3) is 0.500. The Morgan fingerprint density at radius 1 is 1.00 bits per heavy atom. The quantitative estimate of drug-likeness (QED) is 0.719. The Morgan fingerprint density at radius 2 is 1.48 bits per heavy atom. The van der Waals surface area contributed by atoms with E-state index >= 15 is 0 Å². The standard InChI is InChI=1S/C16H23NO4/c1-12(2)14-7-5-13(6-8-14)9-17(10-15(18)20-3)11-16(19)21-4/h5-8,12H,9-11H2,1-4H3. The minimum Gasteiger partial charge on any atom is -0.468 e. The van der Waals surface area contributed by atoms with Crippen LogP contribution in [0.5, 0.6) is 0 Å². The number of carbonyl (C=O) groups excluding carboxylic acids is 2. The van der Waals surface area contributed by atoms with Crippen molar-refractivity contribution < 1.29 is 19.1 Å². The summed E-state index contributed by atoms with van der Waals surface area (Å²) in [5, 5.41) is 0. The van der Waals surface area contributed by atoms with Gasteiger partial charge in [-0.25, -0.2) is 0 Å². The maximum absolute atomic E-state index is 11.4. The molecule has 1 rings (SSSR count). The third-order valence-corrected chi connectivity index (χ3v) is 3.21. The highest BCUT2D eigenvalue weighted by molar-refractivity contribution is 5.74. The molecule has 1 aromatic carbocycles. The molecule has 0 fully saturated rings. The first-order chi connectivity index (χ1) is 9.96. The number of benzene rings is 1. The van der Waals surface area contributed by atoms with Gasteiger partial charge < -0.3 is 9.47 Å². The Kier molecular flexibility index (Phi) is 6.88. The predicted octanol–water partition coefficient (Wildman–Crippen LogP) is 1.96. The van der Waals surface area contributed by atoms with Gasteiger partial charge in [0.2, 0.25) is 0 Å².